The SMILES string of the molecule is N#CCOc1ccc(OC(=O)c2ccccc2)cc1C=O. The quantitative estimate of drug-likeness (QED) is 0.478. The van der Waals surface area contributed by atoms with Crippen LogP contribution in [0, 0.1) is 11.3 Å². The first-order valence-electron chi connectivity index (χ1n) is 6.11. The van der Waals surface area contributed by atoms with Crippen LogP contribution < -0.4 is 9.47 Å². The second-order valence-corrected chi connectivity index (χ2v) is 4.02. The summed E-state index contributed by atoms with van der Waals surface area (Å²) in [6.45, 7) is -0.163. The van der Waals surface area contributed by atoms with Crippen molar-refractivity contribution in [2.75, 3.05) is 6.61 Å². The molecule has 21 heavy (non-hydrogen) atoms. The highest BCUT2D eigenvalue weighted by atomic mass is 16.5. The Hall–Kier alpha value is -3.13. The number of ether oxygens (including phenoxy) is 2. The normalized spacial score (nSPS) is 9.48. The van der Waals surface area contributed by atoms with Crippen LogP contribution in [0.4, 0.5) is 0 Å². The van der Waals surface area contributed by atoms with Gasteiger partial charge < -0.3 is 9.47 Å². The number of carbonyl (C=O) groups excluding carboxylic acids is 2. The van der Waals surface area contributed by atoms with Gasteiger partial charge in [-0.1, -0.05) is 18.2 Å². The van der Waals surface area contributed by atoms with Crippen LogP contribution in [0.15, 0.2) is 48.5 Å². The topological polar surface area (TPSA) is 76.4 Å². The van der Waals surface area contributed by atoms with Crippen LogP contribution in [0.5, 0.6) is 11.5 Å². The van der Waals surface area contributed by atoms with E-state index in [9.17, 15) is 9.59 Å². The lowest BCUT2D eigenvalue weighted by molar-refractivity contribution is 0.0734. The van der Waals surface area contributed by atoms with Gasteiger partial charge >= 0.3 is 5.97 Å². The van der Waals surface area contributed by atoms with E-state index in [4.69, 9.17) is 14.7 Å². The van der Waals surface area contributed by atoms with Gasteiger partial charge in [0.25, 0.3) is 0 Å². The average molecular weight is 281 g/mol. The van der Waals surface area contributed by atoms with Crippen molar-refractivity contribution < 1.29 is 19.1 Å². The van der Waals surface area contributed by atoms with E-state index in [-0.39, 0.29) is 23.7 Å². The minimum atomic E-state index is -0.516. The van der Waals surface area contributed by atoms with Crippen molar-refractivity contribution in [2.45, 2.75) is 0 Å². The molecule has 2 aromatic carbocycles. The van der Waals surface area contributed by atoms with Crippen molar-refractivity contribution in [3.05, 3.63) is 59.7 Å². The summed E-state index contributed by atoms with van der Waals surface area (Å²) >= 11 is 0. The molecule has 0 aromatic heterocycles. The van der Waals surface area contributed by atoms with E-state index in [0.29, 0.717) is 11.8 Å². The van der Waals surface area contributed by atoms with Gasteiger partial charge in [-0.15, -0.1) is 0 Å². The molecule has 2 aromatic rings. The molecule has 0 aliphatic carbocycles. The van der Waals surface area contributed by atoms with E-state index in [0.717, 1.165) is 0 Å². The molecule has 104 valence electrons. The maximum atomic E-state index is 11.9. The smallest absolute Gasteiger partial charge is 0.343 e. The monoisotopic (exact) mass is 281 g/mol. The Bertz CT molecular complexity index is 689. The lowest BCUT2D eigenvalue weighted by Crippen LogP contribution is -2.08. The zero-order chi connectivity index (χ0) is 15.1. The predicted molar refractivity (Wildman–Crippen MR) is 74.3 cm³/mol. The highest BCUT2D eigenvalue weighted by Gasteiger charge is 2.10. The van der Waals surface area contributed by atoms with E-state index >= 15 is 0 Å². The first kappa shape index (κ1) is 14.3. The molecular formula is C16H11NO4. The van der Waals surface area contributed by atoms with Crippen LogP contribution in [0.1, 0.15) is 20.7 Å². The van der Waals surface area contributed by atoms with Gasteiger partial charge in [0.15, 0.2) is 12.9 Å². The summed E-state index contributed by atoms with van der Waals surface area (Å²) in [4.78, 5) is 22.9. The Labute approximate surface area is 121 Å². The second-order valence-electron chi connectivity index (χ2n) is 4.02. The Morgan fingerprint density at radius 2 is 1.95 bits per heavy atom. The van der Waals surface area contributed by atoms with Crippen molar-refractivity contribution in [2.24, 2.45) is 0 Å². The fraction of sp³-hybridized carbons (Fsp3) is 0.0625. The summed E-state index contributed by atoms with van der Waals surface area (Å²) in [7, 11) is 0. The summed E-state index contributed by atoms with van der Waals surface area (Å²) in [5.74, 6) is -0.0144. The van der Waals surface area contributed by atoms with Crippen LogP contribution in [0.25, 0.3) is 0 Å². The molecule has 0 heterocycles. The van der Waals surface area contributed by atoms with Crippen LogP contribution in [-0.2, 0) is 0 Å². The number of carbonyl (C=O) groups is 2. The van der Waals surface area contributed by atoms with Gasteiger partial charge in [0.05, 0.1) is 11.1 Å². The Kier molecular flexibility index (Phi) is 4.67. The van der Waals surface area contributed by atoms with Gasteiger partial charge in [0.1, 0.15) is 17.6 Å². The van der Waals surface area contributed by atoms with E-state index < -0.39 is 5.97 Å². The zero-order valence-electron chi connectivity index (χ0n) is 11.0. The van der Waals surface area contributed by atoms with Crippen LogP contribution in [0.3, 0.4) is 0 Å². The lowest BCUT2D eigenvalue weighted by Gasteiger charge is -2.08. The number of nitriles is 1. The Morgan fingerprint density at radius 1 is 1.19 bits per heavy atom. The number of hydrogen-bond donors (Lipinski definition) is 0. The molecule has 0 fully saturated rings. The highest BCUT2D eigenvalue weighted by Crippen LogP contribution is 2.23. The van der Waals surface area contributed by atoms with Crippen LogP contribution >= 0.6 is 0 Å². The maximum absolute atomic E-state index is 11.9. The van der Waals surface area contributed by atoms with Gasteiger partial charge in [0, 0.05) is 0 Å². The van der Waals surface area contributed by atoms with Crippen molar-refractivity contribution >= 4 is 12.3 Å². The van der Waals surface area contributed by atoms with Gasteiger partial charge in [-0.05, 0) is 30.3 Å². The van der Waals surface area contributed by atoms with E-state index in [2.05, 4.69) is 0 Å². The Balaban J connectivity index is 2.16. The number of esters is 1. The van der Waals surface area contributed by atoms with E-state index in [1.54, 1.807) is 30.3 Å². The minimum absolute atomic E-state index is 0.163. The lowest BCUT2D eigenvalue weighted by atomic mass is 10.2. The molecule has 0 unspecified atom stereocenters. The largest absolute Gasteiger partial charge is 0.478 e. The summed E-state index contributed by atoms with van der Waals surface area (Å²) < 4.78 is 10.3. The molecule has 0 atom stereocenters. The van der Waals surface area contributed by atoms with E-state index in [1.165, 1.54) is 18.2 Å². The van der Waals surface area contributed by atoms with Gasteiger partial charge in [-0.2, -0.15) is 5.26 Å². The molecule has 2 rings (SSSR count). The van der Waals surface area contributed by atoms with Gasteiger partial charge in [-0.3, -0.25) is 4.79 Å². The predicted octanol–water partition coefficient (Wildman–Crippen LogP) is 2.62. The first-order valence-corrected chi connectivity index (χ1v) is 6.11. The number of aldehydes is 1. The summed E-state index contributed by atoms with van der Waals surface area (Å²) in [6.07, 6.45) is 0.576. The summed E-state index contributed by atoms with van der Waals surface area (Å²) in [5, 5.41) is 8.46. The average Bonchev–Trinajstić information content (AvgIpc) is 2.54. The molecule has 5 heteroatoms. The van der Waals surface area contributed by atoms with E-state index in [1.807, 2.05) is 6.07 Å². The molecule has 0 saturated carbocycles. The molecule has 0 aliphatic rings. The molecule has 0 saturated heterocycles. The number of rotatable bonds is 5. The fourth-order valence-corrected chi connectivity index (χ4v) is 1.66. The molecule has 0 N–H and O–H groups in total. The molecule has 0 aliphatic heterocycles. The summed E-state index contributed by atoms with van der Waals surface area (Å²) in [5.41, 5.74) is 0.624. The van der Waals surface area contributed by atoms with Crippen LogP contribution in [0.2, 0.25) is 0 Å². The van der Waals surface area contributed by atoms with Gasteiger partial charge in [-0.25, -0.2) is 4.79 Å². The molecule has 0 amide bonds. The molecule has 0 spiro atoms. The molecular weight excluding hydrogens is 270 g/mol. The number of hydrogen-bond acceptors (Lipinski definition) is 5. The zero-order valence-corrected chi connectivity index (χ0v) is 11.0. The summed E-state index contributed by atoms with van der Waals surface area (Å²) in [6, 6.07) is 14.7. The second kappa shape index (κ2) is 6.87. The van der Waals surface area contributed by atoms with Crippen molar-refractivity contribution in [3.8, 4) is 17.6 Å². The Morgan fingerprint density at radius 3 is 2.62 bits per heavy atom. The third-order valence-corrected chi connectivity index (χ3v) is 2.62. The number of nitrogens with zero attached hydrogens (tertiary/aromatic N) is 1. The third kappa shape index (κ3) is 3.67. The minimum Gasteiger partial charge on any atom is -0.478 e. The van der Waals surface area contributed by atoms with Crippen molar-refractivity contribution in [3.63, 3.8) is 0 Å². The maximum Gasteiger partial charge on any atom is 0.343 e. The van der Waals surface area contributed by atoms with Crippen molar-refractivity contribution in [1.29, 1.82) is 5.26 Å². The van der Waals surface area contributed by atoms with Crippen molar-refractivity contribution in [1.82, 2.24) is 0 Å². The molecule has 0 bridgehead atoms. The standard InChI is InChI=1S/C16H11NO4/c17-8-9-20-15-7-6-14(10-13(15)11-18)21-16(19)12-4-2-1-3-5-12/h1-7,10-11H,9H2. The fourth-order valence-electron chi connectivity index (χ4n) is 1.66. The molecule has 0 radical (unpaired) electrons. The number of benzene rings is 2. The molecule has 5 nitrogen and oxygen atoms in total. The first-order chi connectivity index (χ1) is 10.2. The van der Waals surface area contributed by atoms with Gasteiger partial charge in [0.2, 0.25) is 0 Å². The van der Waals surface area contributed by atoms with Crippen LogP contribution in [-0.4, -0.2) is 18.9 Å². The highest BCUT2D eigenvalue weighted by molar-refractivity contribution is 5.91. The third-order valence-electron chi connectivity index (χ3n) is 2.62.